The maximum absolute atomic E-state index is 12.7. The van der Waals surface area contributed by atoms with E-state index in [1.807, 2.05) is 6.07 Å². The van der Waals surface area contributed by atoms with Gasteiger partial charge in [-0.1, -0.05) is 30.3 Å². The molecule has 2 saturated heterocycles. The summed E-state index contributed by atoms with van der Waals surface area (Å²) in [5.41, 5.74) is 1.37. The van der Waals surface area contributed by atoms with Crippen LogP contribution in [0.4, 0.5) is 0 Å². The van der Waals surface area contributed by atoms with Crippen molar-refractivity contribution in [3.63, 3.8) is 0 Å². The average Bonchev–Trinajstić information content (AvgIpc) is 3.20. The Morgan fingerprint density at radius 3 is 2.77 bits per heavy atom. The fourth-order valence-electron chi connectivity index (χ4n) is 4.20. The van der Waals surface area contributed by atoms with E-state index in [1.54, 1.807) is 0 Å². The molecule has 1 amide bonds. The fourth-order valence-corrected chi connectivity index (χ4v) is 4.20. The first-order valence-corrected chi connectivity index (χ1v) is 10.2. The molecule has 3 rings (SSSR count). The summed E-state index contributed by atoms with van der Waals surface area (Å²) in [7, 11) is 0. The number of hydrogen-bond acceptors (Lipinski definition) is 4. The summed E-state index contributed by atoms with van der Waals surface area (Å²) >= 11 is 0. The number of aliphatic hydroxyl groups excluding tert-OH is 1. The van der Waals surface area contributed by atoms with Crippen LogP contribution in [0.15, 0.2) is 30.3 Å². The number of aliphatic hydroxyl groups is 1. The van der Waals surface area contributed by atoms with Gasteiger partial charge in [0, 0.05) is 6.54 Å². The SMILES string of the molecule is O=C(NC(CO)CN1CCCC1)C1CC(CCc2ccccc2)CCN1. The molecule has 144 valence electrons. The Hall–Kier alpha value is -1.43. The summed E-state index contributed by atoms with van der Waals surface area (Å²) in [5, 5.41) is 16.1. The van der Waals surface area contributed by atoms with Gasteiger partial charge in [-0.2, -0.15) is 0 Å². The molecule has 0 aromatic heterocycles. The van der Waals surface area contributed by atoms with E-state index in [-0.39, 0.29) is 24.6 Å². The highest BCUT2D eigenvalue weighted by Gasteiger charge is 2.28. The summed E-state index contributed by atoms with van der Waals surface area (Å²) in [6.45, 7) is 3.82. The maximum Gasteiger partial charge on any atom is 0.237 e. The number of nitrogens with one attached hydrogen (secondary N) is 2. The lowest BCUT2D eigenvalue weighted by Crippen LogP contribution is -2.54. The molecule has 0 radical (unpaired) electrons. The van der Waals surface area contributed by atoms with E-state index in [0.717, 1.165) is 51.9 Å². The minimum Gasteiger partial charge on any atom is -0.394 e. The van der Waals surface area contributed by atoms with Crippen LogP contribution in [-0.4, -0.2) is 60.8 Å². The molecule has 1 aromatic rings. The molecule has 0 bridgehead atoms. The van der Waals surface area contributed by atoms with Crippen LogP contribution in [0.5, 0.6) is 0 Å². The first-order valence-electron chi connectivity index (χ1n) is 10.2. The van der Waals surface area contributed by atoms with Crippen molar-refractivity contribution < 1.29 is 9.90 Å². The lowest BCUT2D eigenvalue weighted by Gasteiger charge is -2.31. The zero-order chi connectivity index (χ0) is 18.2. The highest BCUT2D eigenvalue weighted by Crippen LogP contribution is 2.22. The van der Waals surface area contributed by atoms with E-state index in [2.05, 4.69) is 39.8 Å². The summed E-state index contributed by atoms with van der Waals surface area (Å²) in [6, 6.07) is 10.3. The van der Waals surface area contributed by atoms with Crippen molar-refractivity contribution in [3.8, 4) is 0 Å². The molecule has 3 N–H and O–H groups in total. The molecule has 3 atom stereocenters. The van der Waals surface area contributed by atoms with Crippen LogP contribution in [0.25, 0.3) is 0 Å². The smallest absolute Gasteiger partial charge is 0.237 e. The van der Waals surface area contributed by atoms with Gasteiger partial charge in [-0.3, -0.25) is 4.79 Å². The number of nitrogens with zero attached hydrogens (tertiary/aromatic N) is 1. The van der Waals surface area contributed by atoms with Crippen LogP contribution in [0.2, 0.25) is 0 Å². The number of likely N-dealkylation sites (tertiary alicyclic amines) is 1. The number of amides is 1. The minimum absolute atomic E-state index is 0.00634. The van der Waals surface area contributed by atoms with Gasteiger partial charge >= 0.3 is 0 Å². The molecule has 0 spiro atoms. The summed E-state index contributed by atoms with van der Waals surface area (Å²) in [6.07, 6.45) is 6.67. The molecule has 2 fully saturated rings. The van der Waals surface area contributed by atoms with E-state index >= 15 is 0 Å². The molecule has 0 aliphatic carbocycles. The van der Waals surface area contributed by atoms with Crippen LogP contribution in [0, 0.1) is 5.92 Å². The largest absolute Gasteiger partial charge is 0.394 e. The number of aryl methyl sites for hydroxylation is 1. The molecule has 2 heterocycles. The van der Waals surface area contributed by atoms with Crippen molar-refractivity contribution in [2.24, 2.45) is 5.92 Å². The normalized spacial score (nSPS) is 25.1. The Morgan fingerprint density at radius 2 is 2.04 bits per heavy atom. The quantitative estimate of drug-likeness (QED) is 0.659. The Labute approximate surface area is 157 Å². The second-order valence-electron chi connectivity index (χ2n) is 7.82. The topological polar surface area (TPSA) is 64.6 Å². The lowest BCUT2D eigenvalue weighted by molar-refractivity contribution is -0.125. The third-order valence-electron chi connectivity index (χ3n) is 5.76. The van der Waals surface area contributed by atoms with Crippen LogP contribution in [-0.2, 0) is 11.2 Å². The van der Waals surface area contributed by atoms with Gasteiger partial charge in [0.25, 0.3) is 0 Å². The molecule has 26 heavy (non-hydrogen) atoms. The zero-order valence-electron chi connectivity index (χ0n) is 15.7. The molecule has 2 aliphatic heterocycles. The number of carbonyl (C=O) groups is 1. The van der Waals surface area contributed by atoms with Crippen LogP contribution in [0.3, 0.4) is 0 Å². The van der Waals surface area contributed by atoms with Crippen molar-refractivity contribution in [2.45, 2.75) is 50.6 Å². The van der Waals surface area contributed by atoms with E-state index < -0.39 is 0 Å². The van der Waals surface area contributed by atoms with E-state index in [4.69, 9.17) is 0 Å². The van der Waals surface area contributed by atoms with Gasteiger partial charge in [-0.05, 0) is 69.6 Å². The van der Waals surface area contributed by atoms with Gasteiger partial charge in [-0.15, -0.1) is 0 Å². The van der Waals surface area contributed by atoms with Gasteiger partial charge < -0.3 is 20.6 Å². The fraction of sp³-hybridized carbons (Fsp3) is 0.667. The number of rotatable bonds is 8. The maximum atomic E-state index is 12.7. The Bertz CT molecular complexity index is 545. The summed E-state index contributed by atoms with van der Waals surface area (Å²) < 4.78 is 0. The molecule has 5 nitrogen and oxygen atoms in total. The van der Waals surface area contributed by atoms with Gasteiger partial charge in [0.2, 0.25) is 5.91 Å². The second kappa shape index (κ2) is 10.0. The Balaban J connectivity index is 1.44. The molecule has 3 unspecified atom stereocenters. The monoisotopic (exact) mass is 359 g/mol. The van der Waals surface area contributed by atoms with E-state index in [9.17, 15) is 9.90 Å². The van der Waals surface area contributed by atoms with E-state index in [1.165, 1.54) is 18.4 Å². The van der Waals surface area contributed by atoms with Crippen molar-refractivity contribution >= 4 is 5.91 Å². The second-order valence-corrected chi connectivity index (χ2v) is 7.82. The predicted octanol–water partition coefficient (Wildman–Crippen LogP) is 1.56. The first-order chi connectivity index (χ1) is 12.7. The highest BCUT2D eigenvalue weighted by atomic mass is 16.3. The Morgan fingerprint density at radius 1 is 1.27 bits per heavy atom. The zero-order valence-corrected chi connectivity index (χ0v) is 15.7. The Kier molecular flexibility index (Phi) is 7.47. The van der Waals surface area contributed by atoms with Crippen LogP contribution >= 0.6 is 0 Å². The molecular formula is C21H33N3O2. The number of benzene rings is 1. The molecule has 5 heteroatoms. The van der Waals surface area contributed by atoms with E-state index in [0.29, 0.717) is 5.92 Å². The third-order valence-corrected chi connectivity index (χ3v) is 5.76. The molecule has 1 aromatic carbocycles. The van der Waals surface area contributed by atoms with Gasteiger partial charge in [0.15, 0.2) is 0 Å². The standard InChI is InChI=1S/C21H33N3O2/c25-16-19(15-24-12-4-5-13-24)23-21(26)20-14-18(10-11-22-20)9-8-17-6-2-1-3-7-17/h1-3,6-7,18-20,22,25H,4-5,8-16H2,(H,23,26). The summed E-state index contributed by atoms with van der Waals surface area (Å²) in [5.74, 6) is 0.631. The minimum atomic E-state index is -0.160. The van der Waals surface area contributed by atoms with Gasteiger partial charge in [-0.25, -0.2) is 0 Å². The van der Waals surface area contributed by atoms with Crippen molar-refractivity contribution in [1.82, 2.24) is 15.5 Å². The van der Waals surface area contributed by atoms with Gasteiger partial charge in [0.05, 0.1) is 18.7 Å². The van der Waals surface area contributed by atoms with Crippen molar-refractivity contribution in [1.29, 1.82) is 0 Å². The highest BCUT2D eigenvalue weighted by molar-refractivity contribution is 5.82. The molecule has 0 saturated carbocycles. The van der Waals surface area contributed by atoms with Crippen LogP contribution in [0.1, 0.15) is 37.7 Å². The van der Waals surface area contributed by atoms with Gasteiger partial charge in [0.1, 0.15) is 0 Å². The van der Waals surface area contributed by atoms with Crippen molar-refractivity contribution in [3.05, 3.63) is 35.9 Å². The average molecular weight is 360 g/mol. The van der Waals surface area contributed by atoms with Crippen molar-refractivity contribution in [2.75, 3.05) is 32.8 Å². The van der Waals surface area contributed by atoms with Crippen LogP contribution < -0.4 is 10.6 Å². The number of piperidine rings is 1. The summed E-state index contributed by atoms with van der Waals surface area (Å²) in [4.78, 5) is 15.0. The molecular weight excluding hydrogens is 326 g/mol. The number of carbonyl (C=O) groups excluding carboxylic acids is 1. The number of hydrogen-bond donors (Lipinski definition) is 3. The third kappa shape index (κ3) is 5.79. The lowest BCUT2D eigenvalue weighted by atomic mass is 9.87. The first kappa shape index (κ1) is 19.3. The molecule has 2 aliphatic rings. The predicted molar refractivity (Wildman–Crippen MR) is 104 cm³/mol.